The number of guanidine groups is 1. The molecule has 0 bridgehead atoms. The zero-order chi connectivity index (χ0) is 19.8. The Kier molecular flexibility index (Phi) is 6.84. The molecule has 1 heterocycles. The van der Waals surface area contributed by atoms with Crippen LogP contribution in [0.3, 0.4) is 0 Å². The van der Waals surface area contributed by atoms with E-state index in [1.165, 1.54) is 6.07 Å². The molecule has 2 N–H and O–H groups in total. The normalized spacial score (nSPS) is 12.8. The monoisotopic (exact) mass is 383 g/mol. The van der Waals surface area contributed by atoms with Crippen LogP contribution in [0.4, 0.5) is 4.39 Å². The van der Waals surface area contributed by atoms with E-state index >= 15 is 0 Å². The van der Waals surface area contributed by atoms with Gasteiger partial charge in [-0.3, -0.25) is 4.99 Å². The first-order chi connectivity index (χ1) is 13.7. The van der Waals surface area contributed by atoms with Crippen LogP contribution in [-0.4, -0.2) is 41.8 Å². The molecule has 1 aromatic heterocycles. The number of fused-ring (bicyclic) bond motifs is 1. The third kappa shape index (κ3) is 5.22. The number of rotatable bonds is 8. The van der Waals surface area contributed by atoms with Gasteiger partial charge in [-0.05, 0) is 37.6 Å². The third-order valence-corrected chi connectivity index (χ3v) is 4.34. The summed E-state index contributed by atoms with van der Waals surface area (Å²) >= 11 is 0. The SMILES string of the molecule is CN=C(NCCCn1cnc2ccccc21)NCC(C)Oc1ccccc1F. The quantitative estimate of drug-likeness (QED) is 0.356. The molecule has 6 nitrogen and oxygen atoms in total. The van der Waals surface area contributed by atoms with Gasteiger partial charge < -0.3 is 19.9 Å². The lowest BCUT2D eigenvalue weighted by atomic mass is 10.3. The molecule has 7 heteroatoms. The van der Waals surface area contributed by atoms with E-state index in [0.29, 0.717) is 12.5 Å². The molecule has 0 saturated heterocycles. The highest BCUT2D eigenvalue weighted by Gasteiger charge is 2.09. The van der Waals surface area contributed by atoms with Crippen LogP contribution in [0.25, 0.3) is 11.0 Å². The second kappa shape index (κ2) is 9.73. The van der Waals surface area contributed by atoms with Gasteiger partial charge in [-0.2, -0.15) is 0 Å². The summed E-state index contributed by atoms with van der Waals surface area (Å²) in [5, 5.41) is 6.49. The van der Waals surface area contributed by atoms with Crippen LogP contribution in [-0.2, 0) is 6.54 Å². The van der Waals surface area contributed by atoms with Crippen LogP contribution < -0.4 is 15.4 Å². The number of imidazole rings is 1. The molecule has 3 rings (SSSR count). The molecule has 0 amide bonds. The largest absolute Gasteiger partial charge is 0.486 e. The Labute approximate surface area is 164 Å². The van der Waals surface area contributed by atoms with Gasteiger partial charge in [0.2, 0.25) is 0 Å². The highest BCUT2D eigenvalue weighted by molar-refractivity contribution is 5.79. The molecular formula is C21H26FN5O. The third-order valence-electron chi connectivity index (χ3n) is 4.34. The maximum Gasteiger partial charge on any atom is 0.191 e. The summed E-state index contributed by atoms with van der Waals surface area (Å²) in [4.78, 5) is 8.62. The molecule has 2 aromatic carbocycles. The minimum atomic E-state index is -0.358. The topological polar surface area (TPSA) is 63.5 Å². The van der Waals surface area contributed by atoms with Crippen molar-refractivity contribution in [2.75, 3.05) is 20.1 Å². The van der Waals surface area contributed by atoms with E-state index in [0.717, 1.165) is 30.5 Å². The Morgan fingerprint density at radius 2 is 1.96 bits per heavy atom. The van der Waals surface area contributed by atoms with Crippen LogP contribution >= 0.6 is 0 Å². The number of hydrogen-bond acceptors (Lipinski definition) is 3. The smallest absolute Gasteiger partial charge is 0.191 e. The Morgan fingerprint density at radius 3 is 2.79 bits per heavy atom. The number of hydrogen-bond donors (Lipinski definition) is 2. The van der Waals surface area contributed by atoms with Crippen LogP contribution in [0.5, 0.6) is 5.75 Å². The van der Waals surface area contributed by atoms with E-state index in [2.05, 4.69) is 31.2 Å². The van der Waals surface area contributed by atoms with E-state index < -0.39 is 0 Å². The van der Waals surface area contributed by atoms with Crippen LogP contribution in [0, 0.1) is 5.82 Å². The summed E-state index contributed by atoms with van der Waals surface area (Å²) in [6, 6.07) is 14.5. The molecule has 0 spiro atoms. The number of ether oxygens (including phenoxy) is 1. The molecule has 0 aliphatic rings. The fourth-order valence-corrected chi connectivity index (χ4v) is 2.90. The fraction of sp³-hybridized carbons (Fsp3) is 0.333. The van der Waals surface area contributed by atoms with Crippen molar-refractivity contribution in [3.63, 3.8) is 0 Å². The van der Waals surface area contributed by atoms with Crippen molar-refractivity contribution in [3.05, 3.63) is 60.7 Å². The van der Waals surface area contributed by atoms with Gasteiger partial charge in [0, 0.05) is 20.1 Å². The minimum absolute atomic E-state index is 0.201. The van der Waals surface area contributed by atoms with Gasteiger partial charge in [0.1, 0.15) is 6.10 Å². The van der Waals surface area contributed by atoms with Crippen molar-refractivity contribution in [1.29, 1.82) is 0 Å². The zero-order valence-electron chi connectivity index (χ0n) is 16.2. The number of halogens is 1. The van der Waals surface area contributed by atoms with Gasteiger partial charge in [0.25, 0.3) is 0 Å². The first-order valence-corrected chi connectivity index (χ1v) is 9.43. The zero-order valence-corrected chi connectivity index (χ0v) is 16.2. The molecule has 0 saturated carbocycles. The van der Waals surface area contributed by atoms with Gasteiger partial charge >= 0.3 is 0 Å². The summed E-state index contributed by atoms with van der Waals surface area (Å²) < 4.78 is 21.4. The van der Waals surface area contributed by atoms with Crippen LogP contribution in [0.1, 0.15) is 13.3 Å². The number of aliphatic imine (C=N–C) groups is 1. The summed E-state index contributed by atoms with van der Waals surface area (Å²) in [6.07, 6.45) is 2.61. The molecule has 3 aromatic rings. The van der Waals surface area contributed by atoms with Crippen molar-refractivity contribution in [1.82, 2.24) is 20.2 Å². The molecule has 1 atom stereocenters. The molecule has 148 valence electrons. The predicted molar refractivity (Wildman–Crippen MR) is 110 cm³/mol. The lowest BCUT2D eigenvalue weighted by Crippen LogP contribution is -2.42. The number of benzene rings is 2. The predicted octanol–water partition coefficient (Wildman–Crippen LogP) is 3.20. The molecule has 0 aliphatic carbocycles. The summed E-state index contributed by atoms with van der Waals surface area (Å²) in [6.45, 7) is 4.04. The first-order valence-electron chi connectivity index (χ1n) is 9.43. The molecule has 0 radical (unpaired) electrons. The summed E-state index contributed by atoms with van der Waals surface area (Å²) in [5.74, 6) is 0.593. The van der Waals surface area contributed by atoms with Gasteiger partial charge in [-0.25, -0.2) is 9.37 Å². The minimum Gasteiger partial charge on any atom is -0.486 e. The Hall–Kier alpha value is -3.09. The lowest BCUT2D eigenvalue weighted by molar-refractivity contribution is 0.214. The summed E-state index contributed by atoms with van der Waals surface area (Å²) in [5.41, 5.74) is 2.15. The number of nitrogens with zero attached hydrogens (tertiary/aromatic N) is 3. The summed E-state index contributed by atoms with van der Waals surface area (Å²) in [7, 11) is 1.72. The second-order valence-corrected chi connectivity index (χ2v) is 6.52. The van der Waals surface area contributed by atoms with Gasteiger partial charge in [0.15, 0.2) is 17.5 Å². The number of aromatic nitrogens is 2. The average Bonchev–Trinajstić information content (AvgIpc) is 3.12. The maximum atomic E-state index is 13.6. The first kappa shape index (κ1) is 19.7. The number of nitrogens with one attached hydrogen (secondary N) is 2. The number of para-hydroxylation sites is 3. The highest BCUT2D eigenvalue weighted by atomic mass is 19.1. The van der Waals surface area contributed by atoms with Gasteiger partial charge in [-0.15, -0.1) is 0 Å². The number of aryl methyl sites for hydroxylation is 1. The van der Waals surface area contributed by atoms with E-state index in [1.807, 2.05) is 31.5 Å². The van der Waals surface area contributed by atoms with Crippen LogP contribution in [0.15, 0.2) is 59.9 Å². The van der Waals surface area contributed by atoms with Gasteiger partial charge in [-0.1, -0.05) is 24.3 Å². The molecule has 0 fully saturated rings. The highest BCUT2D eigenvalue weighted by Crippen LogP contribution is 2.16. The van der Waals surface area contributed by atoms with Crippen LogP contribution in [0.2, 0.25) is 0 Å². The average molecular weight is 383 g/mol. The lowest BCUT2D eigenvalue weighted by Gasteiger charge is -2.18. The molecule has 1 unspecified atom stereocenters. The van der Waals surface area contributed by atoms with E-state index in [9.17, 15) is 4.39 Å². The molecule has 0 aliphatic heterocycles. The van der Waals surface area contributed by atoms with Crippen molar-refractivity contribution in [2.45, 2.75) is 26.0 Å². The second-order valence-electron chi connectivity index (χ2n) is 6.52. The Bertz CT molecular complexity index is 924. The van der Waals surface area contributed by atoms with Gasteiger partial charge in [0.05, 0.1) is 23.9 Å². The fourth-order valence-electron chi connectivity index (χ4n) is 2.90. The molecule has 28 heavy (non-hydrogen) atoms. The maximum absolute atomic E-state index is 13.6. The van der Waals surface area contributed by atoms with Crippen molar-refractivity contribution in [3.8, 4) is 5.75 Å². The standard InChI is InChI=1S/C21H26FN5O/c1-16(28-20-11-6-3-8-17(20)22)14-25-21(23-2)24-12-7-13-27-15-26-18-9-4-5-10-19(18)27/h3-6,8-11,15-16H,7,12-14H2,1-2H3,(H2,23,24,25). The van der Waals surface area contributed by atoms with Crippen molar-refractivity contribution in [2.24, 2.45) is 4.99 Å². The van der Waals surface area contributed by atoms with E-state index in [-0.39, 0.29) is 17.7 Å². The van der Waals surface area contributed by atoms with E-state index in [1.54, 1.807) is 25.2 Å². The Morgan fingerprint density at radius 1 is 1.18 bits per heavy atom. The van der Waals surface area contributed by atoms with E-state index in [4.69, 9.17) is 4.74 Å². The molecular weight excluding hydrogens is 357 g/mol. The Balaban J connectivity index is 1.39. The van der Waals surface area contributed by atoms with Crippen molar-refractivity contribution >= 4 is 17.0 Å². The van der Waals surface area contributed by atoms with Crippen molar-refractivity contribution < 1.29 is 9.13 Å².